The van der Waals surface area contributed by atoms with Crippen LogP contribution in [0.4, 0.5) is 4.39 Å². The van der Waals surface area contributed by atoms with Crippen LogP contribution in [0.2, 0.25) is 0 Å². The fourth-order valence-corrected chi connectivity index (χ4v) is 5.57. The van der Waals surface area contributed by atoms with Crippen LogP contribution in [0.1, 0.15) is 76.0 Å². The molecule has 0 saturated heterocycles. The lowest BCUT2D eigenvalue weighted by Crippen LogP contribution is -2.42. The van der Waals surface area contributed by atoms with Gasteiger partial charge in [-0.15, -0.1) is 0 Å². The Balaban J connectivity index is 1.47. The van der Waals surface area contributed by atoms with Gasteiger partial charge in [-0.1, -0.05) is 13.0 Å². The number of rotatable bonds is 8. The van der Waals surface area contributed by atoms with Gasteiger partial charge in [-0.3, -0.25) is 9.59 Å². The highest BCUT2D eigenvalue weighted by Gasteiger charge is 2.45. The molecule has 8 heteroatoms. The summed E-state index contributed by atoms with van der Waals surface area (Å²) in [6, 6.07) is 9.91. The molecule has 0 bridgehead atoms. The maximum absolute atomic E-state index is 14.0. The van der Waals surface area contributed by atoms with Gasteiger partial charge in [0.1, 0.15) is 23.1 Å². The number of amides is 1. The molecule has 2 fully saturated rings. The third-order valence-corrected chi connectivity index (χ3v) is 8.65. The molecule has 5 rings (SSSR count). The van der Waals surface area contributed by atoms with Gasteiger partial charge < -0.3 is 24.5 Å². The number of nitrogens with one attached hydrogen (secondary N) is 1. The first-order valence-electron chi connectivity index (χ1n) is 14.7. The summed E-state index contributed by atoms with van der Waals surface area (Å²) >= 11 is 0. The summed E-state index contributed by atoms with van der Waals surface area (Å²) in [5, 5.41) is 14.0. The summed E-state index contributed by atoms with van der Waals surface area (Å²) < 4.78 is 28.4. The quantitative estimate of drug-likeness (QED) is 0.322. The van der Waals surface area contributed by atoms with Crippen molar-refractivity contribution in [3.63, 3.8) is 0 Å². The second-order valence-corrected chi connectivity index (χ2v) is 12.9. The minimum absolute atomic E-state index is 0.121. The van der Waals surface area contributed by atoms with Crippen LogP contribution in [-0.2, 0) is 17.4 Å². The van der Waals surface area contributed by atoms with Gasteiger partial charge in [0, 0.05) is 41.9 Å². The van der Waals surface area contributed by atoms with E-state index in [-0.39, 0.29) is 34.8 Å². The summed E-state index contributed by atoms with van der Waals surface area (Å²) in [5.74, 6) is 1.28. The third kappa shape index (κ3) is 6.38. The number of aryl methyl sites for hydroxylation is 3. The molecule has 2 aliphatic carbocycles. The fraction of sp³-hybridized carbons (Fsp3) is 0.471. The summed E-state index contributed by atoms with van der Waals surface area (Å²) in [4.78, 5) is 25.3. The maximum Gasteiger partial charge on any atom is 0.254 e. The third-order valence-electron chi connectivity index (χ3n) is 8.65. The van der Waals surface area contributed by atoms with E-state index in [2.05, 4.69) is 5.32 Å². The van der Waals surface area contributed by atoms with Gasteiger partial charge in [0.15, 0.2) is 0 Å². The first kappa shape index (κ1) is 29.8. The van der Waals surface area contributed by atoms with E-state index < -0.39 is 5.60 Å². The molecular formula is C34H41FN2O5. The fourth-order valence-electron chi connectivity index (χ4n) is 5.57. The molecule has 0 spiro atoms. The van der Waals surface area contributed by atoms with E-state index in [0.29, 0.717) is 45.1 Å². The molecule has 1 aromatic heterocycles. The molecule has 2 aromatic carbocycles. The average Bonchev–Trinajstić information content (AvgIpc) is 3.67. The molecule has 3 aromatic rings. The number of benzene rings is 2. The van der Waals surface area contributed by atoms with E-state index in [1.54, 1.807) is 53.1 Å². The minimum Gasteiger partial charge on any atom is -0.490 e. The Bertz CT molecular complexity index is 1540. The van der Waals surface area contributed by atoms with Gasteiger partial charge >= 0.3 is 0 Å². The molecule has 0 aliphatic heterocycles. The van der Waals surface area contributed by atoms with Crippen molar-refractivity contribution in [3.05, 3.63) is 75.5 Å². The molecular weight excluding hydrogens is 535 g/mol. The van der Waals surface area contributed by atoms with Crippen LogP contribution >= 0.6 is 0 Å². The van der Waals surface area contributed by atoms with E-state index in [1.165, 1.54) is 22.8 Å². The van der Waals surface area contributed by atoms with Gasteiger partial charge in [0.05, 0.1) is 11.7 Å². The van der Waals surface area contributed by atoms with E-state index in [1.807, 2.05) is 13.0 Å². The number of carbonyl (C=O) groups excluding carboxylic acids is 1. The van der Waals surface area contributed by atoms with Crippen molar-refractivity contribution in [1.29, 1.82) is 0 Å². The van der Waals surface area contributed by atoms with E-state index >= 15 is 0 Å². The molecule has 0 unspecified atom stereocenters. The van der Waals surface area contributed by atoms with Gasteiger partial charge in [-0.05, 0) is 107 Å². The molecule has 1 heterocycles. The number of carbonyl (C=O) groups is 1. The molecule has 42 heavy (non-hydrogen) atoms. The van der Waals surface area contributed by atoms with Gasteiger partial charge in [-0.25, -0.2) is 4.39 Å². The molecule has 2 aliphatic rings. The molecule has 7 nitrogen and oxygen atoms in total. The summed E-state index contributed by atoms with van der Waals surface area (Å²) in [6.07, 6.45) is 6.60. The summed E-state index contributed by atoms with van der Waals surface area (Å²) in [7, 11) is 1.68. The summed E-state index contributed by atoms with van der Waals surface area (Å²) in [6.45, 7) is 9.01. The highest BCUT2D eigenvalue weighted by atomic mass is 19.1. The van der Waals surface area contributed by atoms with Crippen molar-refractivity contribution < 1.29 is 23.8 Å². The number of aromatic nitrogens is 1. The Labute approximate surface area is 246 Å². The van der Waals surface area contributed by atoms with Gasteiger partial charge in [-0.2, -0.15) is 0 Å². The number of hydrogen-bond acceptors (Lipinski definition) is 5. The predicted octanol–water partition coefficient (Wildman–Crippen LogP) is 6.43. The van der Waals surface area contributed by atoms with Crippen molar-refractivity contribution in [3.8, 4) is 28.4 Å². The Hall–Kier alpha value is -3.65. The van der Waals surface area contributed by atoms with Crippen molar-refractivity contribution in [2.24, 2.45) is 12.5 Å². The maximum atomic E-state index is 14.0. The second kappa shape index (κ2) is 11.2. The Morgan fingerprint density at radius 1 is 1.02 bits per heavy atom. The Kier molecular flexibility index (Phi) is 7.96. The van der Waals surface area contributed by atoms with Crippen LogP contribution in [0.15, 0.2) is 47.4 Å². The van der Waals surface area contributed by atoms with Crippen molar-refractivity contribution in [2.45, 2.75) is 90.9 Å². The highest BCUT2D eigenvalue weighted by Crippen LogP contribution is 2.45. The first-order valence-corrected chi connectivity index (χ1v) is 14.7. The molecule has 2 N–H and O–H groups in total. The Morgan fingerprint density at radius 3 is 2.26 bits per heavy atom. The largest absolute Gasteiger partial charge is 0.490 e. The van der Waals surface area contributed by atoms with Crippen LogP contribution in [0.25, 0.3) is 11.1 Å². The van der Waals surface area contributed by atoms with Crippen LogP contribution < -0.4 is 20.3 Å². The molecule has 0 radical (unpaired) electrons. The normalized spacial score (nSPS) is 19.7. The molecule has 1 amide bonds. The number of hydrogen-bond donors (Lipinski definition) is 2. The zero-order chi connectivity index (χ0) is 30.4. The van der Waals surface area contributed by atoms with Crippen LogP contribution in [0.5, 0.6) is 17.2 Å². The van der Waals surface area contributed by atoms with Crippen LogP contribution in [0.3, 0.4) is 0 Å². The molecule has 0 atom stereocenters. The van der Waals surface area contributed by atoms with E-state index in [4.69, 9.17) is 9.47 Å². The highest BCUT2D eigenvalue weighted by molar-refractivity contribution is 5.85. The zero-order valence-corrected chi connectivity index (χ0v) is 25.3. The van der Waals surface area contributed by atoms with E-state index in [0.717, 1.165) is 38.5 Å². The molecule has 2 saturated carbocycles. The lowest BCUT2D eigenvalue weighted by molar-refractivity contribution is -0.126. The van der Waals surface area contributed by atoms with Crippen LogP contribution in [0, 0.1) is 25.1 Å². The topological polar surface area (TPSA) is 89.8 Å². The lowest BCUT2D eigenvalue weighted by Gasteiger charge is -2.31. The number of pyridine rings is 1. The number of ether oxygens (including phenoxy) is 2. The summed E-state index contributed by atoms with van der Waals surface area (Å²) in [5.41, 5.74) is 1.72. The van der Waals surface area contributed by atoms with Crippen LogP contribution in [-0.4, -0.2) is 27.7 Å². The van der Waals surface area contributed by atoms with Crippen molar-refractivity contribution in [2.75, 3.05) is 0 Å². The SMILES string of the molecule is Cc1cc(F)cc(C)c1Oc1ccc(C(C)(C)O)cc1-c1cn(C)c(=O)cc1O[C@H]1CC[C@H](NC(=O)C2(C)CC2)CC1. The monoisotopic (exact) mass is 576 g/mol. The molecule has 224 valence electrons. The smallest absolute Gasteiger partial charge is 0.254 e. The number of nitrogens with zero attached hydrogens (tertiary/aromatic N) is 1. The predicted molar refractivity (Wildman–Crippen MR) is 160 cm³/mol. The van der Waals surface area contributed by atoms with E-state index in [9.17, 15) is 19.1 Å². The van der Waals surface area contributed by atoms with Gasteiger partial charge in [0.25, 0.3) is 5.56 Å². The second-order valence-electron chi connectivity index (χ2n) is 12.9. The van der Waals surface area contributed by atoms with Gasteiger partial charge in [0.2, 0.25) is 5.91 Å². The lowest BCUT2D eigenvalue weighted by atomic mass is 9.91. The average molecular weight is 577 g/mol. The number of aliphatic hydroxyl groups is 1. The van der Waals surface area contributed by atoms with Crippen molar-refractivity contribution >= 4 is 5.91 Å². The standard InChI is InChI=1S/C34H41FN2O5/c1-20-15-23(35)16-21(2)31(20)42-28-12-7-22(33(3,4)40)17-26(28)27-19-37(6)30(38)18-29(27)41-25-10-8-24(9-11-25)36-32(39)34(5)13-14-34/h7,12,15-19,24-25,40H,8-11,13-14H2,1-6H3,(H,36,39)/t24-,25-. The first-order chi connectivity index (χ1) is 19.7. The zero-order valence-electron chi connectivity index (χ0n) is 25.3. The van der Waals surface area contributed by atoms with Crippen molar-refractivity contribution in [1.82, 2.24) is 9.88 Å². The minimum atomic E-state index is -1.13. The number of halogens is 1. The Morgan fingerprint density at radius 2 is 1.67 bits per heavy atom.